The van der Waals surface area contributed by atoms with Crippen molar-refractivity contribution >= 4 is 23.3 Å². The first-order valence-electron chi connectivity index (χ1n) is 10.2. The van der Waals surface area contributed by atoms with Gasteiger partial charge in [0.1, 0.15) is 0 Å². The van der Waals surface area contributed by atoms with Gasteiger partial charge in [0.25, 0.3) is 5.91 Å². The molecule has 0 radical (unpaired) electrons. The fourth-order valence-electron chi connectivity index (χ4n) is 4.71. The summed E-state index contributed by atoms with van der Waals surface area (Å²) >= 11 is 0. The minimum absolute atomic E-state index is 0.0254. The first-order chi connectivity index (χ1) is 15.2. The highest BCUT2D eigenvalue weighted by molar-refractivity contribution is 6.03. The van der Waals surface area contributed by atoms with Gasteiger partial charge in [0.2, 0.25) is 0 Å². The molecule has 0 aliphatic carbocycles. The average molecular weight is 414 g/mol. The number of para-hydroxylation sites is 2. The highest BCUT2D eigenvalue weighted by Crippen LogP contribution is 2.48. The van der Waals surface area contributed by atoms with E-state index in [2.05, 4.69) is 10.3 Å². The van der Waals surface area contributed by atoms with Gasteiger partial charge in [0, 0.05) is 36.2 Å². The lowest BCUT2D eigenvalue weighted by Gasteiger charge is -2.58. The van der Waals surface area contributed by atoms with Crippen molar-refractivity contribution in [3.05, 3.63) is 90.3 Å². The molecule has 0 unspecified atom stereocenters. The second-order valence-corrected chi connectivity index (χ2v) is 7.76. The van der Waals surface area contributed by atoms with Gasteiger partial charge in [0.05, 0.1) is 24.3 Å². The number of carbonyl (C=O) groups is 2. The molecule has 7 heteroatoms. The van der Waals surface area contributed by atoms with E-state index >= 15 is 0 Å². The first kappa shape index (κ1) is 19.3. The number of hydrogen-bond acceptors (Lipinski definition) is 4. The number of urea groups is 1. The second-order valence-electron chi connectivity index (χ2n) is 7.76. The number of aliphatic hydroxyl groups excluding tert-OH is 1. The van der Waals surface area contributed by atoms with Crippen LogP contribution in [-0.4, -0.2) is 52.2 Å². The standard InChI is InChI=1S/C24H22N4O3/c29-15-21-22-18-10-4-5-11-19(18)27(24(31)26-17-8-2-1-3-9-17)14-20(22)28(21)23(30)16-7-6-12-25-13-16/h1-13,20-22,29H,14-15H2,(H,26,31)/t20-,21+,22+/m0/s1. The lowest BCUT2D eigenvalue weighted by molar-refractivity contribution is -0.0241. The van der Waals surface area contributed by atoms with Crippen LogP contribution in [-0.2, 0) is 0 Å². The largest absolute Gasteiger partial charge is 0.394 e. The Morgan fingerprint density at radius 1 is 1.03 bits per heavy atom. The third-order valence-corrected chi connectivity index (χ3v) is 6.10. The molecular weight excluding hydrogens is 392 g/mol. The number of nitrogens with one attached hydrogen (secondary N) is 1. The maximum Gasteiger partial charge on any atom is 0.326 e. The molecule has 0 saturated carbocycles. The molecule has 3 atom stereocenters. The first-order valence-corrected chi connectivity index (χ1v) is 10.2. The van der Waals surface area contributed by atoms with E-state index in [1.54, 1.807) is 28.1 Å². The number of aromatic nitrogens is 1. The molecular formula is C24H22N4O3. The van der Waals surface area contributed by atoms with Crippen molar-refractivity contribution in [2.45, 2.75) is 18.0 Å². The van der Waals surface area contributed by atoms with E-state index in [0.717, 1.165) is 11.3 Å². The zero-order valence-corrected chi connectivity index (χ0v) is 16.8. The van der Waals surface area contributed by atoms with Crippen molar-refractivity contribution in [1.82, 2.24) is 9.88 Å². The summed E-state index contributed by atoms with van der Waals surface area (Å²) in [6.45, 7) is 0.209. The SMILES string of the molecule is O=C(Nc1ccccc1)N1C[C@H]2[C@@H](c3ccccc31)[C@@H](CO)N2C(=O)c1cccnc1. The topological polar surface area (TPSA) is 85.8 Å². The van der Waals surface area contributed by atoms with E-state index < -0.39 is 0 Å². The molecule has 2 aliphatic rings. The van der Waals surface area contributed by atoms with Crippen molar-refractivity contribution < 1.29 is 14.7 Å². The van der Waals surface area contributed by atoms with Crippen LogP contribution in [0.25, 0.3) is 0 Å². The van der Waals surface area contributed by atoms with E-state index in [0.29, 0.717) is 17.8 Å². The van der Waals surface area contributed by atoms with Crippen LogP contribution in [0.5, 0.6) is 0 Å². The van der Waals surface area contributed by atoms with Gasteiger partial charge < -0.3 is 15.3 Å². The number of anilines is 2. The van der Waals surface area contributed by atoms with Gasteiger partial charge in [-0.2, -0.15) is 0 Å². The molecule has 0 bridgehead atoms. The van der Waals surface area contributed by atoms with E-state index in [1.165, 1.54) is 6.20 Å². The molecule has 2 aliphatic heterocycles. The third kappa shape index (κ3) is 3.23. The monoisotopic (exact) mass is 414 g/mol. The molecule has 3 amide bonds. The molecule has 1 fully saturated rings. The van der Waals surface area contributed by atoms with Crippen molar-refractivity contribution in [2.75, 3.05) is 23.4 Å². The fourth-order valence-corrected chi connectivity index (χ4v) is 4.71. The van der Waals surface area contributed by atoms with Gasteiger partial charge in [-0.3, -0.25) is 14.7 Å². The predicted molar refractivity (Wildman–Crippen MR) is 117 cm³/mol. The minimum atomic E-state index is -0.335. The number of likely N-dealkylation sites (tertiary alicyclic amines) is 1. The van der Waals surface area contributed by atoms with Gasteiger partial charge in [-0.05, 0) is 35.9 Å². The van der Waals surface area contributed by atoms with E-state index in [4.69, 9.17) is 0 Å². The van der Waals surface area contributed by atoms with Crippen molar-refractivity contribution in [3.8, 4) is 0 Å². The average Bonchev–Trinajstić information content (AvgIpc) is 2.80. The van der Waals surface area contributed by atoms with Crippen LogP contribution in [0, 0.1) is 0 Å². The normalized spacial score (nSPS) is 21.5. The Morgan fingerprint density at radius 3 is 2.55 bits per heavy atom. The molecule has 2 aromatic carbocycles. The summed E-state index contributed by atoms with van der Waals surface area (Å²) in [7, 11) is 0. The number of fused-ring (bicyclic) bond motifs is 3. The van der Waals surface area contributed by atoms with Gasteiger partial charge in [-0.15, -0.1) is 0 Å². The molecule has 2 N–H and O–H groups in total. The number of benzene rings is 2. The van der Waals surface area contributed by atoms with Crippen molar-refractivity contribution in [2.24, 2.45) is 0 Å². The summed E-state index contributed by atoms with van der Waals surface area (Å²) in [5.41, 5.74) is 2.95. The Bertz CT molecular complexity index is 1110. The Kier molecular flexibility index (Phi) is 4.88. The molecule has 5 rings (SSSR count). The minimum Gasteiger partial charge on any atom is -0.394 e. The number of carbonyl (C=O) groups excluding carboxylic acids is 2. The number of hydrogen-bond donors (Lipinski definition) is 2. The smallest absolute Gasteiger partial charge is 0.326 e. The summed E-state index contributed by atoms with van der Waals surface area (Å²) in [5.74, 6) is -0.209. The van der Waals surface area contributed by atoms with E-state index in [1.807, 2.05) is 54.6 Å². The molecule has 0 spiro atoms. The summed E-state index contributed by atoms with van der Waals surface area (Å²) in [6.07, 6.45) is 3.15. The fraction of sp³-hybridized carbons (Fsp3) is 0.208. The van der Waals surface area contributed by atoms with Gasteiger partial charge in [0.15, 0.2) is 0 Å². The highest BCUT2D eigenvalue weighted by atomic mass is 16.3. The Balaban J connectivity index is 1.48. The quantitative estimate of drug-likeness (QED) is 0.690. The van der Waals surface area contributed by atoms with Gasteiger partial charge in [-0.1, -0.05) is 36.4 Å². The number of amides is 3. The van der Waals surface area contributed by atoms with E-state index in [9.17, 15) is 14.7 Å². The molecule has 3 heterocycles. The Labute approximate surface area is 179 Å². The maximum atomic E-state index is 13.2. The second kappa shape index (κ2) is 7.85. The van der Waals surface area contributed by atoms with E-state index in [-0.39, 0.29) is 36.5 Å². The Morgan fingerprint density at radius 2 is 1.81 bits per heavy atom. The molecule has 7 nitrogen and oxygen atoms in total. The zero-order chi connectivity index (χ0) is 21.4. The molecule has 1 saturated heterocycles. The summed E-state index contributed by atoms with van der Waals surface area (Å²) in [6, 6.07) is 19.6. The van der Waals surface area contributed by atoms with Crippen molar-refractivity contribution in [3.63, 3.8) is 0 Å². The van der Waals surface area contributed by atoms with Crippen LogP contribution < -0.4 is 10.2 Å². The number of rotatable bonds is 3. The Hall–Kier alpha value is -3.71. The predicted octanol–water partition coefficient (Wildman–Crippen LogP) is 3.10. The van der Waals surface area contributed by atoms with Gasteiger partial charge >= 0.3 is 6.03 Å². The van der Waals surface area contributed by atoms with Crippen LogP contribution in [0.1, 0.15) is 21.8 Å². The van der Waals surface area contributed by atoms with Crippen LogP contribution in [0.4, 0.5) is 16.2 Å². The van der Waals surface area contributed by atoms with Crippen LogP contribution in [0.3, 0.4) is 0 Å². The molecule has 31 heavy (non-hydrogen) atoms. The molecule has 156 valence electrons. The van der Waals surface area contributed by atoms with Crippen LogP contribution in [0.2, 0.25) is 0 Å². The van der Waals surface area contributed by atoms with Gasteiger partial charge in [-0.25, -0.2) is 4.79 Å². The van der Waals surface area contributed by atoms with Crippen molar-refractivity contribution in [1.29, 1.82) is 0 Å². The maximum absolute atomic E-state index is 13.2. The summed E-state index contributed by atoms with van der Waals surface area (Å²) in [5, 5.41) is 13.0. The van der Waals surface area contributed by atoms with Crippen LogP contribution in [0.15, 0.2) is 79.1 Å². The molecule has 1 aromatic heterocycles. The summed E-state index contributed by atoms with van der Waals surface area (Å²) in [4.78, 5) is 33.8. The lowest BCUT2D eigenvalue weighted by atomic mass is 9.71. The molecule has 3 aromatic rings. The number of aliphatic hydroxyl groups is 1. The number of pyridine rings is 1. The van der Waals surface area contributed by atoms with Crippen LogP contribution >= 0.6 is 0 Å². The number of nitrogens with zero attached hydrogens (tertiary/aromatic N) is 3. The lowest BCUT2D eigenvalue weighted by Crippen LogP contribution is -2.71. The zero-order valence-electron chi connectivity index (χ0n) is 16.8. The highest BCUT2D eigenvalue weighted by Gasteiger charge is 2.55. The summed E-state index contributed by atoms with van der Waals surface area (Å²) < 4.78 is 0. The third-order valence-electron chi connectivity index (χ3n) is 6.10.